The molecule has 3 rings (SSSR count). The summed E-state index contributed by atoms with van der Waals surface area (Å²) in [6.45, 7) is 5.36. The Morgan fingerprint density at radius 3 is 2.57 bits per heavy atom. The molecule has 1 amide bonds. The molecule has 2 aliphatic rings. The standard InChI is InChI=1S/C18H26N2O2.ClH/c1-18(2)12-22-16(13-6-4-3-5-7-13)11-20(18)17(21)14-8-9-15(19)10-14;/h3-7,14-16H,8-12,19H2,1-2H3;1H. The van der Waals surface area contributed by atoms with Gasteiger partial charge in [-0.25, -0.2) is 0 Å². The van der Waals surface area contributed by atoms with Gasteiger partial charge in [0, 0.05) is 12.0 Å². The molecule has 128 valence electrons. The van der Waals surface area contributed by atoms with Gasteiger partial charge in [0.05, 0.1) is 18.7 Å². The molecule has 4 nitrogen and oxygen atoms in total. The quantitative estimate of drug-likeness (QED) is 0.902. The Morgan fingerprint density at radius 1 is 1.26 bits per heavy atom. The molecule has 1 saturated heterocycles. The Hall–Kier alpha value is -1.10. The highest BCUT2D eigenvalue weighted by Crippen LogP contribution is 2.34. The van der Waals surface area contributed by atoms with Crippen molar-refractivity contribution in [2.24, 2.45) is 11.7 Å². The fourth-order valence-corrected chi connectivity index (χ4v) is 3.57. The van der Waals surface area contributed by atoms with Crippen LogP contribution in [0.1, 0.15) is 44.8 Å². The van der Waals surface area contributed by atoms with Crippen LogP contribution in [0.5, 0.6) is 0 Å². The second kappa shape index (κ2) is 7.20. The lowest BCUT2D eigenvalue weighted by atomic mass is 9.95. The van der Waals surface area contributed by atoms with Gasteiger partial charge in [-0.05, 0) is 38.7 Å². The first-order valence-electron chi connectivity index (χ1n) is 8.21. The van der Waals surface area contributed by atoms with Crippen molar-refractivity contribution in [3.8, 4) is 0 Å². The van der Waals surface area contributed by atoms with E-state index in [1.54, 1.807) is 0 Å². The molecule has 2 fully saturated rings. The molecule has 5 heteroatoms. The predicted octanol–water partition coefficient (Wildman–Crippen LogP) is 2.91. The first-order chi connectivity index (χ1) is 10.5. The van der Waals surface area contributed by atoms with Crippen molar-refractivity contribution in [1.29, 1.82) is 0 Å². The van der Waals surface area contributed by atoms with Gasteiger partial charge in [-0.2, -0.15) is 0 Å². The molecule has 1 aromatic rings. The van der Waals surface area contributed by atoms with Gasteiger partial charge in [-0.1, -0.05) is 30.3 Å². The van der Waals surface area contributed by atoms with E-state index in [1.165, 1.54) is 0 Å². The van der Waals surface area contributed by atoms with Crippen LogP contribution >= 0.6 is 12.4 Å². The van der Waals surface area contributed by atoms with E-state index in [9.17, 15) is 4.79 Å². The van der Waals surface area contributed by atoms with Crippen molar-refractivity contribution < 1.29 is 9.53 Å². The van der Waals surface area contributed by atoms with Gasteiger partial charge >= 0.3 is 0 Å². The molecule has 1 aliphatic carbocycles. The summed E-state index contributed by atoms with van der Waals surface area (Å²) in [5.74, 6) is 0.339. The molecule has 1 aliphatic heterocycles. The molecule has 23 heavy (non-hydrogen) atoms. The number of morpholine rings is 1. The third kappa shape index (κ3) is 3.87. The number of nitrogens with two attached hydrogens (primary N) is 1. The summed E-state index contributed by atoms with van der Waals surface area (Å²) < 4.78 is 6.02. The zero-order chi connectivity index (χ0) is 15.7. The SMILES string of the molecule is CC1(C)COC(c2ccccc2)CN1C(=O)C1CCC(N)C1.Cl. The molecule has 1 heterocycles. The molecule has 0 spiro atoms. The number of hydrogen-bond donors (Lipinski definition) is 1. The van der Waals surface area contributed by atoms with Gasteiger partial charge in [0.25, 0.3) is 0 Å². The third-order valence-electron chi connectivity index (χ3n) is 4.98. The maximum Gasteiger partial charge on any atom is 0.226 e. The molecule has 1 saturated carbocycles. The second-order valence-corrected chi connectivity index (χ2v) is 7.24. The van der Waals surface area contributed by atoms with E-state index in [-0.39, 0.29) is 41.9 Å². The zero-order valence-corrected chi connectivity index (χ0v) is 14.7. The number of rotatable bonds is 2. The Kier molecular flexibility index (Phi) is 5.71. The van der Waals surface area contributed by atoms with Crippen molar-refractivity contribution in [3.05, 3.63) is 35.9 Å². The van der Waals surface area contributed by atoms with Gasteiger partial charge in [-0.3, -0.25) is 4.79 Å². The maximum atomic E-state index is 13.0. The highest BCUT2D eigenvalue weighted by atomic mass is 35.5. The molecular weight excluding hydrogens is 312 g/mol. The highest BCUT2D eigenvalue weighted by molar-refractivity contribution is 5.85. The second-order valence-electron chi connectivity index (χ2n) is 7.24. The largest absolute Gasteiger partial charge is 0.369 e. The fraction of sp³-hybridized carbons (Fsp3) is 0.611. The lowest BCUT2D eigenvalue weighted by Crippen LogP contribution is -2.57. The zero-order valence-electron chi connectivity index (χ0n) is 13.9. The Labute approximate surface area is 144 Å². The van der Waals surface area contributed by atoms with E-state index in [2.05, 4.69) is 26.0 Å². The maximum absolute atomic E-state index is 13.0. The Bertz CT molecular complexity index is 535. The number of ether oxygens (including phenoxy) is 1. The number of carbonyl (C=O) groups is 1. The summed E-state index contributed by atoms with van der Waals surface area (Å²) in [5.41, 5.74) is 6.87. The van der Waals surface area contributed by atoms with E-state index < -0.39 is 0 Å². The van der Waals surface area contributed by atoms with Crippen LogP contribution in [0, 0.1) is 5.92 Å². The number of carbonyl (C=O) groups excluding carboxylic acids is 1. The summed E-state index contributed by atoms with van der Waals surface area (Å²) in [6, 6.07) is 10.3. The van der Waals surface area contributed by atoms with Crippen molar-refractivity contribution >= 4 is 18.3 Å². The van der Waals surface area contributed by atoms with Crippen molar-refractivity contribution in [1.82, 2.24) is 4.90 Å². The van der Waals surface area contributed by atoms with E-state index in [0.717, 1.165) is 24.8 Å². The van der Waals surface area contributed by atoms with E-state index in [0.29, 0.717) is 13.2 Å². The van der Waals surface area contributed by atoms with Crippen molar-refractivity contribution in [3.63, 3.8) is 0 Å². The monoisotopic (exact) mass is 338 g/mol. The lowest BCUT2D eigenvalue weighted by molar-refractivity contribution is -0.159. The number of halogens is 1. The summed E-state index contributed by atoms with van der Waals surface area (Å²) in [5, 5.41) is 0. The molecule has 3 atom stereocenters. The molecule has 2 N–H and O–H groups in total. The highest BCUT2D eigenvalue weighted by Gasteiger charge is 2.42. The summed E-state index contributed by atoms with van der Waals surface area (Å²) in [4.78, 5) is 15.0. The fourth-order valence-electron chi connectivity index (χ4n) is 3.57. The predicted molar refractivity (Wildman–Crippen MR) is 93.5 cm³/mol. The van der Waals surface area contributed by atoms with Gasteiger partial charge in [0.15, 0.2) is 0 Å². The van der Waals surface area contributed by atoms with Crippen LogP contribution in [0.3, 0.4) is 0 Å². The van der Waals surface area contributed by atoms with Crippen LogP contribution in [0.15, 0.2) is 30.3 Å². The van der Waals surface area contributed by atoms with E-state index in [4.69, 9.17) is 10.5 Å². The van der Waals surface area contributed by atoms with Crippen molar-refractivity contribution in [2.75, 3.05) is 13.2 Å². The smallest absolute Gasteiger partial charge is 0.226 e. The molecule has 0 aromatic heterocycles. The number of benzene rings is 1. The van der Waals surface area contributed by atoms with Gasteiger partial charge in [-0.15, -0.1) is 12.4 Å². The molecule has 1 aromatic carbocycles. The van der Waals surface area contributed by atoms with Crippen LogP contribution in [0.25, 0.3) is 0 Å². The summed E-state index contributed by atoms with van der Waals surface area (Å²) in [6.07, 6.45) is 2.67. The molecular formula is C18H27ClN2O2. The number of amides is 1. The van der Waals surface area contributed by atoms with E-state index in [1.807, 2.05) is 23.1 Å². The Balaban J connectivity index is 0.00000192. The Morgan fingerprint density at radius 2 is 1.96 bits per heavy atom. The minimum Gasteiger partial charge on any atom is -0.369 e. The summed E-state index contributed by atoms with van der Waals surface area (Å²) >= 11 is 0. The lowest BCUT2D eigenvalue weighted by Gasteiger charge is -2.46. The minimum atomic E-state index is -0.255. The first kappa shape index (κ1) is 18.2. The van der Waals surface area contributed by atoms with Crippen LogP contribution in [0.4, 0.5) is 0 Å². The van der Waals surface area contributed by atoms with E-state index >= 15 is 0 Å². The number of nitrogens with zero attached hydrogens (tertiary/aromatic N) is 1. The third-order valence-corrected chi connectivity index (χ3v) is 4.98. The van der Waals surface area contributed by atoms with Gasteiger partial charge in [0.2, 0.25) is 5.91 Å². The van der Waals surface area contributed by atoms with Gasteiger partial charge in [0.1, 0.15) is 6.10 Å². The van der Waals surface area contributed by atoms with Gasteiger partial charge < -0.3 is 15.4 Å². The van der Waals surface area contributed by atoms with Crippen LogP contribution in [0.2, 0.25) is 0 Å². The number of hydrogen-bond acceptors (Lipinski definition) is 3. The minimum absolute atomic E-state index is 0. The first-order valence-corrected chi connectivity index (χ1v) is 8.21. The average Bonchev–Trinajstić information content (AvgIpc) is 2.94. The van der Waals surface area contributed by atoms with Crippen molar-refractivity contribution in [2.45, 2.75) is 50.8 Å². The topological polar surface area (TPSA) is 55.6 Å². The van der Waals surface area contributed by atoms with Crippen LogP contribution in [-0.2, 0) is 9.53 Å². The van der Waals surface area contributed by atoms with Crippen LogP contribution < -0.4 is 5.73 Å². The normalized spacial score (nSPS) is 29.9. The summed E-state index contributed by atoms with van der Waals surface area (Å²) in [7, 11) is 0. The molecule has 0 radical (unpaired) electrons. The molecule has 3 unspecified atom stereocenters. The molecule has 0 bridgehead atoms. The van der Waals surface area contributed by atoms with Crippen LogP contribution in [-0.4, -0.2) is 35.5 Å². The average molecular weight is 339 g/mol.